The van der Waals surface area contributed by atoms with E-state index in [1.807, 2.05) is 0 Å². The number of likely N-dealkylation sites (tertiary alicyclic amines) is 3. The molecular formula is C93H84F15N21O12. The second-order valence-electron chi connectivity index (χ2n) is 33.7. The summed E-state index contributed by atoms with van der Waals surface area (Å²) in [7, 11) is 1.11. The van der Waals surface area contributed by atoms with E-state index in [0.29, 0.717) is 124 Å². The van der Waals surface area contributed by atoms with Crippen molar-refractivity contribution in [1.29, 1.82) is 0 Å². The molecule has 0 aliphatic carbocycles. The summed E-state index contributed by atoms with van der Waals surface area (Å²) in [6.45, 7) is 3.09. The number of aromatic carboxylic acids is 1. The van der Waals surface area contributed by atoms with Gasteiger partial charge in [0.25, 0.3) is 46.2 Å². The lowest BCUT2D eigenvalue weighted by molar-refractivity contribution is -0.148. The van der Waals surface area contributed by atoms with Gasteiger partial charge in [0, 0.05) is 140 Å². The van der Waals surface area contributed by atoms with Crippen molar-refractivity contribution >= 4 is 73.8 Å². The molecule has 48 heteroatoms. The predicted octanol–water partition coefficient (Wildman–Crippen LogP) is 11.9. The molecule has 3 saturated heterocycles. The number of imidazole rings is 4. The second kappa shape index (κ2) is 40.7. The Balaban J connectivity index is 0.000000133. The first kappa shape index (κ1) is 98.8. The number of carbonyl (C=O) groups excluding carboxylic acids is 6. The van der Waals surface area contributed by atoms with Crippen LogP contribution in [0.3, 0.4) is 0 Å². The molecule has 0 radical (unpaired) electrons. The van der Waals surface area contributed by atoms with Crippen molar-refractivity contribution in [2.24, 2.45) is 0 Å². The number of nitrogens with zero attached hydrogens (tertiary/aromatic N) is 16. The highest BCUT2D eigenvalue weighted by Gasteiger charge is 2.47. The van der Waals surface area contributed by atoms with Crippen molar-refractivity contribution < 1.29 is 109 Å². The first-order valence-corrected chi connectivity index (χ1v) is 44.3. The molecule has 3 fully saturated rings. The summed E-state index contributed by atoms with van der Waals surface area (Å²) in [5, 5.41) is 37.8. The molecule has 0 bridgehead atoms. The fourth-order valence-corrected chi connectivity index (χ4v) is 17.9. The number of nitrogens with one attached hydrogen (secondary N) is 5. The summed E-state index contributed by atoms with van der Waals surface area (Å²) < 4.78 is 212. The number of fused-ring (bicyclic) bond motifs is 7. The van der Waals surface area contributed by atoms with Crippen LogP contribution in [0, 0.1) is 17.5 Å². The summed E-state index contributed by atoms with van der Waals surface area (Å²) in [6, 6.07) is 32.7. The molecule has 20 rings (SSSR count). The third kappa shape index (κ3) is 21.1. The van der Waals surface area contributed by atoms with Crippen LogP contribution in [0.1, 0.15) is 191 Å². The number of aromatic amines is 3. The normalized spacial score (nSPS) is 15.2. The molecule has 6 N–H and O–H groups in total. The van der Waals surface area contributed by atoms with Crippen LogP contribution in [-0.4, -0.2) is 212 Å². The summed E-state index contributed by atoms with van der Waals surface area (Å²) in [5.74, 6) is -11.9. The molecule has 0 spiro atoms. The van der Waals surface area contributed by atoms with Crippen LogP contribution in [-0.2, 0) is 101 Å². The molecule has 0 saturated carbocycles. The Bertz CT molecular complexity index is 6990. The van der Waals surface area contributed by atoms with Crippen molar-refractivity contribution in [3.63, 3.8) is 0 Å². The standard InChI is InChI=1S/2C28H24F4N6O3.C16H11FN2O3.C12H15F3N4O.C9H10F3N3O2/c2*29-20-8-7-16(14-21-17-5-1-2-6-18(17)24(39)35-34-21)13-19(20)25(40)37-11-12-38-22(15-37)23(33-27(38)28(30,31)32)26(41)36-9-3-4-10-36;17-13-6-5-9(7-12(13)16(21)22)8-14-10-3-1-2-4-11(10)15(20)19-18-14;13-12(14,15)11-17-9(8-7-16-3-6-19(8)11)10(20)18-4-1-2-5-18;1-17-7(16)6-5-4-13-2-3-15(5)8(14-6)9(10,11)12/h2*1-2,5-8,13H,3-4,9-12,14-15H2,(H,35,39);1-7H,8H2,(H,19,20)(H,21,22);16H,1-7H2;13H,2-4H2,1H3. The van der Waals surface area contributed by atoms with Gasteiger partial charge in [-0.15, -0.1) is 0 Å². The van der Waals surface area contributed by atoms with Crippen molar-refractivity contribution in [2.45, 2.75) is 135 Å². The zero-order valence-corrected chi connectivity index (χ0v) is 74.5. The Morgan fingerprint density at radius 1 is 0.348 bits per heavy atom. The number of carbonyl (C=O) groups is 7. The minimum absolute atomic E-state index is 0.0192. The molecule has 6 aromatic carbocycles. The van der Waals surface area contributed by atoms with E-state index in [4.69, 9.17) is 5.11 Å². The fourth-order valence-electron chi connectivity index (χ4n) is 17.9. The maximum absolute atomic E-state index is 15.0. The number of rotatable bonds is 13. The van der Waals surface area contributed by atoms with Gasteiger partial charge in [0.1, 0.15) is 17.5 Å². The lowest BCUT2D eigenvalue weighted by atomic mass is 10.0. The molecule has 0 atom stereocenters. The summed E-state index contributed by atoms with van der Waals surface area (Å²) >= 11 is 0. The number of alkyl halides is 12. The SMILES string of the molecule is COC(=O)c1nc(C(F)(F)F)n2c1CNCC2.O=C(O)c1cc(Cc2n[nH]c(=O)c3ccccc23)ccc1F.O=C(c1cc(Cc2n[nH]c(=O)c3ccccc23)ccc1F)N1CCn2c(C(F)(F)F)nc(C(=O)N3CCCC3)c2C1.O=C(c1cc(Cc2n[nH]c(=O)c3ccccc23)ccc1F)N1CCn2c(C(F)(F)F)nc(C(=O)N3CCCC3)c2C1.O=C(c1nc(C(F)(F)F)n2c1CNCC2)N1CCCC1. The number of benzene rings is 6. The number of halogens is 15. The van der Waals surface area contributed by atoms with E-state index in [9.17, 15) is 114 Å². The lowest BCUT2D eigenvalue weighted by Crippen LogP contribution is -2.40. The highest BCUT2D eigenvalue weighted by Crippen LogP contribution is 2.39. The first-order chi connectivity index (χ1) is 67.2. The highest BCUT2D eigenvalue weighted by atomic mass is 19.4. The van der Waals surface area contributed by atoms with E-state index < -0.39 is 101 Å². The Hall–Kier alpha value is -15.3. The van der Waals surface area contributed by atoms with Crippen LogP contribution in [0.4, 0.5) is 65.9 Å². The minimum atomic E-state index is -4.79. The van der Waals surface area contributed by atoms with Crippen LogP contribution < -0.4 is 27.3 Å². The van der Waals surface area contributed by atoms with Crippen LogP contribution in [0.25, 0.3) is 32.3 Å². The first-order valence-electron chi connectivity index (χ1n) is 44.3. The zero-order valence-electron chi connectivity index (χ0n) is 74.5. The van der Waals surface area contributed by atoms with Gasteiger partial charge in [-0.3, -0.25) is 38.4 Å². The van der Waals surface area contributed by atoms with E-state index >= 15 is 0 Å². The third-order valence-electron chi connectivity index (χ3n) is 24.7. The number of hydrogen-bond donors (Lipinski definition) is 6. The molecule has 7 aliphatic rings. The largest absolute Gasteiger partial charge is 0.478 e. The highest BCUT2D eigenvalue weighted by molar-refractivity contribution is 5.99. The molecule has 141 heavy (non-hydrogen) atoms. The molecular weight excluding hydrogens is 1890 g/mol. The molecule has 738 valence electrons. The topological polar surface area (TPSA) is 398 Å². The molecule has 7 aromatic heterocycles. The van der Waals surface area contributed by atoms with Crippen molar-refractivity contribution in [2.75, 3.05) is 72.6 Å². The van der Waals surface area contributed by atoms with Crippen LogP contribution in [0.5, 0.6) is 0 Å². The Morgan fingerprint density at radius 3 is 0.943 bits per heavy atom. The van der Waals surface area contributed by atoms with E-state index in [0.717, 1.165) is 82.1 Å². The van der Waals surface area contributed by atoms with Gasteiger partial charge in [-0.2, -0.15) is 68.0 Å². The molecule has 5 amide bonds. The van der Waals surface area contributed by atoms with E-state index in [-0.39, 0.29) is 164 Å². The van der Waals surface area contributed by atoms with Gasteiger partial charge >= 0.3 is 36.6 Å². The molecule has 13 aromatic rings. The summed E-state index contributed by atoms with van der Waals surface area (Å²) in [6.07, 6.45) is -13.2. The predicted molar refractivity (Wildman–Crippen MR) is 470 cm³/mol. The van der Waals surface area contributed by atoms with E-state index in [2.05, 4.69) is 65.9 Å². The average molecular weight is 1970 g/mol. The Kier molecular flexibility index (Phi) is 28.5. The quantitative estimate of drug-likeness (QED) is 0.0461. The maximum Gasteiger partial charge on any atom is 0.449 e. The maximum atomic E-state index is 15.0. The number of amides is 5. The van der Waals surface area contributed by atoms with Crippen LogP contribution >= 0.6 is 0 Å². The lowest BCUT2D eigenvalue weighted by Gasteiger charge is -2.30. The van der Waals surface area contributed by atoms with Crippen LogP contribution in [0.15, 0.2) is 142 Å². The number of aromatic nitrogens is 14. The monoisotopic (exact) mass is 1970 g/mol. The van der Waals surface area contributed by atoms with Gasteiger partial charge in [0.05, 0.1) is 92.9 Å². The van der Waals surface area contributed by atoms with Gasteiger partial charge in [-0.25, -0.2) is 58.0 Å². The Morgan fingerprint density at radius 2 is 0.631 bits per heavy atom. The average Bonchev–Trinajstić information content (AvgIpc) is 1.62. The van der Waals surface area contributed by atoms with Crippen molar-refractivity contribution in [3.8, 4) is 0 Å². The number of ether oxygens (including phenoxy) is 1. The molecule has 7 aliphatic heterocycles. The smallest absolute Gasteiger partial charge is 0.449 e. The van der Waals surface area contributed by atoms with Crippen LogP contribution in [0.2, 0.25) is 0 Å². The second-order valence-corrected chi connectivity index (χ2v) is 33.7. The molecule has 33 nitrogen and oxygen atoms in total. The van der Waals surface area contributed by atoms with Crippen molar-refractivity contribution in [1.82, 2.24) is 104 Å². The van der Waals surface area contributed by atoms with Gasteiger partial charge in [-0.05, 0) is 110 Å². The zero-order chi connectivity index (χ0) is 100. The number of carboxylic acids is 1. The third-order valence-corrected chi connectivity index (χ3v) is 24.7. The number of H-pyrrole nitrogens is 3. The molecule has 14 heterocycles. The minimum Gasteiger partial charge on any atom is -0.478 e. The van der Waals surface area contributed by atoms with Gasteiger partial charge < -0.3 is 63.2 Å². The number of carboxylic acid groups (broad SMARTS) is 1. The summed E-state index contributed by atoms with van der Waals surface area (Å²) in [5.41, 5.74) is 1.00. The fraction of sp³-hybridized carbons (Fsp3) is 0.344. The summed E-state index contributed by atoms with van der Waals surface area (Å²) in [4.78, 5) is 145. The number of hydrogen-bond acceptors (Lipinski definition) is 20. The van der Waals surface area contributed by atoms with Crippen molar-refractivity contribution in [3.05, 3.63) is 295 Å². The van der Waals surface area contributed by atoms with E-state index in [1.54, 1.807) is 77.7 Å². The van der Waals surface area contributed by atoms with Gasteiger partial charge in [0.2, 0.25) is 23.3 Å². The van der Waals surface area contributed by atoms with Gasteiger partial charge in [0.15, 0.2) is 22.8 Å². The molecule has 0 unspecified atom stereocenters. The number of esters is 1. The van der Waals surface area contributed by atoms with E-state index in [1.165, 1.54) is 56.0 Å². The Labute approximate surface area is 786 Å². The number of methoxy groups -OCH3 is 1. The van der Waals surface area contributed by atoms with Gasteiger partial charge in [-0.1, -0.05) is 72.8 Å².